The number of ether oxygens (including phenoxy) is 1. The van der Waals surface area contributed by atoms with Crippen LogP contribution in [0.3, 0.4) is 0 Å². The second-order valence-electron chi connectivity index (χ2n) is 5.92. The number of nitrogens with zero attached hydrogens (tertiary/aromatic N) is 2. The van der Waals surface area contributed by atoms with E-state index in [0.29, 0.717) is 26.1 Å². The second kappa shape index (κ2) is 8.40. The molecule has 2 atom stereocenters. The van der Waals surface area contributed by atoms with Crippen molar-refractivity contribution < 1.29 is 14.3 Å². The predicted octanol–water partition coefficient (Wildman–Crippen LogP) is 1.39. The lowest BCUT2D eigenvalue weighted by Crippen LogP contribution is -2.48. The van der Waals surface area contributed by atoms with Crippen LogP contribution in [0, 0.1) is 0 Å². The standard InChI is InChI=1S/C16H25N3O3S/c1-4-15-18-13(10-23-15)7-14(20)17-6-5-16(21)19-8-11(2)22-12(3)9-19/h10-12H,4-9H2,1-3H3,(H,17,20)/t11-,12-/m1/s1. The molecule has 2 rings (SSSR count). The molecule has 0 spiro atoms. The van der Waals surface area contributed by atoms with Gasteiger partial charge in [-0.1, -0.05) is 6.92 Å². The van der Waals surface area contributed by atoms with Crippen LogP contribution in [0.5, 0.6) is 0 Å². The van der Waals surface area contributed by atoms with Crippen LogP contribution in [0.25, 0.3) is 0 Å². The molecule has 1 fully saturated rings. The number of hydrogen-bond donors (Lipinski definition) is 1. The van der Waals surface area contributed by atoms with Crippen LogP contribution in [0.4, 0.5) is 0 Å². The molecule has 0 unspecified atom stereocenters. The van der Waals surface area contributed by atoms with Crippen molar-refractivity contribution in [2.75, 3.05) is 19.6 Å². The second-order valence-corrected chi connectivity index (χ2v) is 6.86. The van der Waals surface area contributed by atoms with E-state index in [-0.39, 0.29) is 30.4 Å². The average Bonchev–Trinajstić information content (AvgIpc) is 2.93. The monoisotopic (exact) mass is 339 g/mol. The first-order valence-corrected chi connectivity index (χ1v) is 8.99. The molecule has 1 saturated heterocycles. The molecule has 1 aliphatic rings. The molecule has 0 radical (unpaired) electrons. The summed E-state index contributed by atoms with van der Waals surface area (Å²) in [6.45, 7) is 7.59. The van der Waals surface area contributed by atoms with Gasteiger partial charge in [0, 0.05) is 31.4 Å². The first-order chi connectivity index (χ1) is 11.0. The van der Waals surface area contributed by atoms with Crippen molar-refractivity contribution in [3.05, 3.63) is 16.1 Å². The van der Waals surface area contributed by atoms with Gasteiger partial charge in [-0.15, -0.1) is 11.3 Å². The van der Waals surface area contributed by atoms with Gasteiger partial charge in [-0.05, 0) is 20.3 Å². The highest BCUT2D eigenvalue weighted by Gasteiger charge is 2.25. The number of nitrogens with one attached hydrogen (secondary N) is 1. The fourth-order valence-corrected chi connectivity index (χ4v) is 3.41. The Bertz CT molecular complexity index is 536. The van der Waals surface area contributed by atoms with Crippen molar-refractivity contribution in [3.63, 3.8) is 0 Å². The summed E-state index contributed by atoms with van der Waals surface area (Å²) >= 11 is 1.58. The Morgan fingerprint density at radius 2 is 2.09 bits per heavy atom. The van der Waals surface area contributed by atoms with Gasteiger partial charge in [0.05, 0.1) is 29.3 Å². The number of carbonyl (C=O) groups excluding carboxylic acids is 2. The summed E-state index contributed by atoms with van der Waals surface area (Å²) in [5.41, 5.74) is 0.798. The number of hydrogen-bond acceptors (Lipinski definition) is 5. The minimum Gasteiger partial charge on any atom is -0.372 e. The molecule has 2 amide bonds. The predicted molar refractivity (Wildman–Crippen MR) is 89.4 cm³/mol. The highest BCUT2D eigenvalue weighted by atomic mass is 32.1. The van der Waals surface area contributed by atoms with Gasteiger partial charge in [-0.3, -0.25) is 9.59 Å². The third-order valence-electron chi connectivity index (χ3n) is 3.68. The number of thiazole rings is 1. The maximum Gasteiger partial charge on any atom is 0.226 e. The Balaban J connectivity index is 1.69. The van der Waals surface area contributed by atoms with E-state index in [1.165, 1.54) is 0 Å². The maximum absolute atomic E-state index is 12.2. The Labute approximate surface area is 141 Å². The summed E-state index contributed by atoms with van der Waals surface area (Å²) in [4.78, 5) is 30.2. The molecule has 0 aromatic carbocycles. The summed E-state index contributed by atoms with van der Waals surface area (Å²) in [6, 6.07) is 0. The molecule has 128 valence electrons. The van der Waals surface area contributed by atoms with E-state index in [4.69, 9.17) is 4.74 Å². The third kappa shape index (κ3) is 5.58. The van der Waals surface area contributed by atoms with E-state index in [1.54, 1.807) is 11.3 Å². The topological polar surface area (TPSA) is 71.5 Å². The summed E-state index contributed by atoms with van der Waals surface area (Å²) in [6.07, 6.45) is 1.61. The average molecular weight is 339 g/mol. The van der Waals surface area contributed by atoms with Gasteiger partial charge in [-0.2, -0.15) is 0 Å². The lowest BCUT2D eigenvalue weighted by Gasteiger charge is -2.35. The van der Waals surface area contributed by atoms with Crippen LogP contribution in [-0.4, -0.2) is 53.5 Å². The Morgan fingerprint density at radius 3 is 2.70 bits per heavy atom. The zero-order valence-corrected chi connectivity index (χ0v) is 14.8. The molecule has 1 aromatic rings. The summed E-state index contributed by atoms with van der Waals surface area (Å²) in [5, 5.41) is 5.75. The van der Waals surface area contributed by atoms with Gasteiger partial charge in [-0.25, -0.2) is 4.98 Å². The van der Waals surface area contributed by atoms with Crippen molar-refractivity contribution in [2.24, 2.45) is 0 Å². The lowest BCUT2D eigenvalue weighted by molar-refractivity contribution is -0.143. The van der Waals surface area contributed by atoms with E-state index in [1.807, 2.05) is 31.1 Å². The number of morpholine rings is 1. The third-order valence-corrected chi connectivity index (χ3v) is 4.72. The van der Waals surface area contributed by atoms with Gasteiger partial charge in [0.25, 0.3) is 0 Å². The minimum atomic E-state index is -0.0885. The SMILES string of the molecule is CCc1nc(CC(=O)NCCC(=O)N2C[C@@H](C)O[C@H](C)C2)cs1. The van der Waals surface area contributed by atoms with Crippen LogP contribution >= 0.6 is 11.3 Å². The molecule has 0 bridgehead atoms. The van der Waals surface area contributed by atoms with Crippen LogP contribution in [0.2, 0.25) is 0 Å². The largest absolute Gasteiger partial charge is 0.372 e. The molecule has 1 N–H and O–H groups in total. The maximum atomic E-state index is 12.2. The van der Waals surface area contributed by atoms with E-state index in [0.717, 1.165) is 17.1 Å². The van der Waals surface area contributed by atoms with Crippen molar-refractivity contribution in [2.45, 2.75) is 52.2 Å². The minimum absolute atomic E-state index is 0.0641. The molecule has 0 aliphatic carbocycles. The van der Waals surface area contributed by atoms with Gasteiger partial charge < -0.3 is 15.0 Å². The van der Waals surface area contributed by atoms with Gasteiger partial charge in [0.15, 0.2) is 0 Å². The van der Waals surface area contributed by atoms with Crippen LogP contribution < -0.4 is 5.32 Å². The molecule has 1 aromatic heterocycles. The molecular formula is C16H25N3O3S. The van der Waals surface area contributed by atoms with Gasteiger partial charge >= 0.3 is 0 Å². The van der Waals surface area contributed by atoms with Crippen molar-refractivity contribution in [1.82, 2.24) is 15.2 Å². The summed E-state index contributed by atoms with van der Waals surface area (Å²) < 4.78 is 5.62. The first-order valence-electron chi connectivity index (χ1n) is 8.11. The van der Waals surface area contributed by atoms with E-state index in [2.05, 4.69) is 10.3 Å². The normalized spacial score (nSPS) is 21.3. The molecule has 7 heteroatoms. The van der Waals surface area contributed by atoms with Crippen molar-refractivity contribution in [3.8, 4) is 0 Å². The van der Waals surface area contributed by atoms with Crippen molar-refractivity contribution >= 4 is 23.2 Å². The smallest absolute Gasteiger partial charge is 0.226 e. The molecule has 0 saturated carbocycles. The van der Waals surface area contributed by atoms with E-state index < -0.39 is 0 Å². The van der Waals surface area contributed by atoms with Gasteiger partial charge in [0.1, 0.15) is 0 Å². The molecule has 2 heterocycles. The van der Waals surface area contributed by atoms with Crippen molar-refractivity contribution in [1.29, 1.82) is 0 Å². The molecule has 1 aliphatic heterocycles. The fraction of sp³-hybridized carbons (Fsp3) is 0.688. The molecular weight excluding hydrogens is 314 g/mol. The fourth-order valence-electron chi connectivity index (χ4n) is 2.67. The zero-order valence-electron chi connectivity index (χ0n) is 14.0. The lowest BCUT2D eigenvalue weighted by atomic mass is 10.2. The Kier molecular flexibility index (Phi) is 6.53. The Hall–Kier alpha value is -1.47. The number of aromatic nitrogens is 1. The zero-order chi connectivity index (χ0) is 16.8. The molecule has 6 nitrogen and oxygen atoms in total. The number of rotatable bonds is 6. The number of aryl methyl sites for hydroxylation is 1. The summed E-state index contributed by atoms with van der Waals surface area (Å²) in [5.74, 6) is -0.0244. The van der Waals surface area contributed by atoms with Crippen LogP contribution in [-0.2, 0) is 27.2 Å². The highest BCUT2D eigenvalue weighted by Crippen LogP contribution is 2.12. The number of amides is 2. The Morgan fingerprint density at radius 1 is 1.39 bits per heavy atom. The quantitative estimate of drug-likeness (QED) is 0.850. The van der Waals surface area contributed by atoms with Crippen LogP contribution in [0.1, 0.15) is 37.9 Å². The summed E-state index contributed by atoms with van der Waals surface area (Å²) in [7, 11) is 0. The van der Waals surface area contributed by atoms with E-state index >= 15 is 0 Å². The van der Waals surface area contributed by atoms with Crippen LogP contribution in [0.15, 0.2) is 5.38 Å². The number of carbonyl (C=O) groups is 2. The first kappa shape index (κ1) is 17.9. The highest BCUT2D eigenvalue weighted by molar-refractivity contribution is 7.09. The van der Waals surface area contributed by atoms with E-state index in [9.17, 15) is 9.59 Å². The molecule has 23 heavy (non-hydrogen) atoms. The van der Waals surface area contributed by atoms with Gasteiger partial charge in [0.2, 0.25) is 11.8 Å².